The Morgan fingerprint density at radius 3 is 2.37 bits per heavy atom. The van der Waals surface area contributed by atoms with Crippen molar-refractivity contribution >= 4 is 0 Å². The fourth-order valence-corrected chi connectivity index (χ4v) is 1.94. The van der Waals surface area contributed by atoms with Gasteiger partial charge in [0.05, 0.1) is 0 Å². The van der Waals surface area contributed by atoms with Crippen molar-refractivity contribution in [3.05, 3.63) is 64.6 Å². The lowest BCUT2D eigenvalue weighted by Gasteiger charge is -2.14. The fourth-order valence-electron chi connectivity index (χ4n) is 1.94. The minimum absolute atomic E-state index is 0.0208. The van der Waals surface area contributed by atoms with Gasteiger partial charge in [-0.3, -0.25) is 4.79 Å². The van der Waals surface area contributed by atoms with Crippen molar-refractivity contribution < 1.29 is 0 Å². The van der Waals surface area contributed by atoms with Gasteiger partial charge in [-0.25, -0.2) is 0 Å². The van der Waals surface area contributed by atoms with E-state index in [4.69, 9.17) is 5.73 Å². The molecular formula is C15H19N3O. The molecule has 0 spiro atoms. The standard InChI is InChI=1S/C15H19N3O/c1-12(17-9-8-16)13-2-4-14(5-3-13)18-10-6-15(19)7-11-18/h2-7,10-12,17H,8-9,16H2,1H3. The van der Waals surface area contributed by atoms with Crippen LogP contribution in [0.2, 0.25) is 0 Å². The first-order valence-electron chi connectivity index (χ1n) is 6.43. The van der Waals surface area contributed by atoms with Crippen LogP contribution < -0.4 is 16.5 Å². The first-order valence-corrected chi connectivity index (χ1v) is 6.43. The summed E-state index contributed by atoms with van der Waals surface area (Å²) in [6.07, 6.45) is 3.54. The quantitative estimate of drug-likeness (QED) is 0.852. The van der Waals surface area contributed by atoms with Gasteiger partial charge in [-0.2, -0.15) is 0 Å². The van der Waals surface area contributed by atoms with E-state index in [0.29, 0.717) is 6.54 Å². The molecule has 1 aromatic carbocycles. The summed E-state index contributed by atoms with van der Waals surface area (Å²) < 4.78 is 1.92. The Labute approximate surface area is 112 Å². The SMILES string of the molecule is CC(NCCN)c1ccc(-n2ccc(=O)cc2)cc1. The summed E-state index contributed by atoms with van der Waals surface area (Å²) in [4.78, 5) is 11.1. The normalized spacial score (nSPS) is 12.3. The van der Waals surface area contributed by atoms with E-state index >= 15 is 0 Å². The van der Waals surface area contributed by atoms with Gasteiger partial charge in [0.1, 0.15) is 0 Å². The molecule has 0 amide bonds. The van der Waals surface area contributed by atoms with Crippen LogP contribution >= 0.6 is 0 Å². The zero-order valence-corrected chi connectivity index (χ0v) is 11.0. The average Bonchev–Trinajstić information content (AvgIpc) is 2.46. The van der Waals surface area contributed by atoms with E-state index in [1.165, 1.54) is 5.56 Å². The second-order valence-corrected chi connectivity index (χ2v) is 4.50. The van der Waals surface area contributed by atoms with Crippen LogP contribution in [-0.2, 0) is 0 Å². The van der Waals surface area contributed by atoms with Crippen LogP contribution in [-0.4, -0.2) is 17.7 Å². The maximum Gasteiger partial charge on any atom is 0.181 e. The largest absolute Gasteiger partial charge is 0.329 e. The molecule has 4 nitrogen and oxygen atoms in total. The number of aromatic nitrogens is 1. The second kappa shape index (κ2) is 6.31. The third kappa shape index (κ3) is 3.53. The molecule has 0 aliphatic carbocycles. The van der Waals surface area contributed by atoms with E-state index in [9.17, 15) is 4.79 Å². The third-order valence-electron chi connectivity index (χ3n) is 3.08. The highest BCUT2D eigenvalue weighted by Crippen LogP contribution is 2.15. The zero-order valence-electron chi connectivity index (χ0n) is 11.0. The highest BCUT2D eigenvalue weighted by atomic mass is 16.1. The summed E-state index contributed by atoms with van der Waals surface area (Å²) in [5.74, 6) is 0. The molecule has 2 aromatic rings. The average molecular weight is 257 g/mol. The zero-order chi connectivity index (χ0) is 13.7. The number of benzene rings is 1. The summed E-state index contributed by atoms with van der Waals surface area (Å²) in [5.41, 5.74) is 7.75. The van der Waals surface area contributed by atoms with Gasteiger partial charge in [0, 0.05) is 49.3 Å². The van der Waals surface area contributed by atoms with E-state index in [-0.39, 0.29) is 11.5 Å². The third-order valence-corrected chi connectivity index (χ3v) is 3.08. The summed E-state index contributed by atoms with van der Waals surface area (Å²) in [6, 6.07) is 11.6. The van der Waals surface area contributed by atoms with Crippen molar-refractivity contribution in [3.63, 3.8) is 0 Å². The van der Waals surface area contributed by atoms with Crippen molar-refractivity contribution in [1.82, 2.24) is 9.88 Å². The van der Waals surface area contributed by atoms with Crippen LogP contribution in [0.15, 0.2) is 53.6 Å². The molecular weight excluding hydrogens is 238 g/mol. The molecule has 0 fully saturated rings. The lowest BCUT2D eigenvalue weighted by molar-refractivity contribution is 0.582. The van der Waals surface area contributed by atoms with E-state index in [0.717, 1.165) is 12.2 Å². The summed E-state index contributed by atoms with van der Waals surface area (Å²) in [7, 11) is 0. The fraction of sp³-hybridized carbons (Fsp3) is 0.267. The van der Waals surface area contributed by atoms with E-state index < -0.39 is 0 Å². The highest BCUT2D eigenvalue weighted by Gasteiger charge is 2.03. The van der Waals surface area contributed by atoms with Crippen LogP contribution in [0.3, 0.4) is 0 Å². The Bertz CT molecular complexity index is 554. The lowest BCUT2D eigenvalue weighted by atomic mass is 10.1. The van der Waals surface area contributed by atoms with Gasteiger partial charge >= 0.3 is 0 Å². The Kier molecular flexibility index (Phi) is 4.49. The summed E-state index contributed by atoms with van der Waals surface area (Å²) in [5, 5.41) is 3.34. The van der Waals surface area contributed by atoms with E-state index in [1.807, 2.05) is 16.7 Å². The van der Waals surface area contributed by atoms with Crippen molar-refractivity contribution in [3.8, 4) is 5.69 Å². The first kappa shape index (κ1) is 13.5. The predicted octanol–water partition coefficient (Wildman–Crippen LogP) is 1.45. The molecule has 1 atom stereocenters. The molecule has 0 saturated carbocycles. The minimum Gasteiger partial charge on any atom is -0.329 e. The number of nitrogens with two attached hydrogens (primary N) is 1. The molecule has 1 unspecified atom stereocenters. The maximum atomic E-state index is 11.1. The molecule has 4 heteroatoms. The van der Waals surface area contributed by atoms with Crippen LogP contribution in [0, 0.1) is 0 Å². The lowest BCUT2D eigenvalue weighted by Crippen LogP contribution is -2.25. The van der Waals surface area contributed by atoms with Crippen LogP contribution in [0.5, 0.6) is 0 Å². The molecule has 19 heavy (non-hydrogen) atoms. The highest BCUT2D eigenvalue weighted by molar-refractivity contribution is 5.35. The number of pyridine rings is 1. The Morgan fingerprint density at radius 1 is 1.16 bits per heavy atom. The smallest absolute Gasteiger partial charge is 0.181 e. The van der Waals surface area contributed by atoms with Crippen LogP contribution in [0.4, 0.5) is 0 Å². The molecule has 0 radical (unpaired) electrons. The van der Waals surface area contributed by atoms with Gasteiger partial charge in [0.25, 0.3) is 0 Å². The van der Waals surface area contributed by atoms with Gasteiger partial charge in [0.15, 0.2) is 5.43 Å². The molecule has 1 heterocycles. The predicted molar refractivity (Wildman–Crippen MR) is 77.5 cm³/mol. The van der Waals surface area contributed by atoms with E-state index in [2.05, 4.69) is 24.4 Å². The van der Waals surface area contributed by atoms with Gasteiger partial charge in [0.2, 0.25) is 0 Å². The van der Waals surface area contributed by atoms with Crippen LogP contribution in [0.25, 0.3) is 5.69 Å². The number of nitrogens with one attached hydrogen (secondary N) is 1. The molecule has 1 aromatic heterocycles. The Morgan fingerprint density at radius 2 is 1.79 bits per heavy atom. The van der Waals surface area contributed by atoms with Gasteiger partial charge in [-0.1, -0.05) is 12.1 Å². The summed E-state index contributed by atoms with van der Waals surface area (Å²) in [6.45, 7) is 3.56. The molecule has 0 saturated heterocycles. The van der Waals surface area contributed by atoms with E-state index in [1.54, 1.807) is 24.5 Å². The van der Waals surface area contributed by atoms with Gasteiger partial charge < -0.3 is 15.6 Å². The molecule has 3 N–H and O–H groups in total. The van der Waals surface area contributed by atoms with Crippen molar-refractivity contribution in [2.75, 3.05) is 13.1 Å². The number of nitrogens with zero attached hydrogens (tertiary/aromatic N) is 1. The number of hydrogen-bond donors (Lipinski definition) is 2. The van der Waals surface area contributed by atoms with Gasteiger partial charge in [-0.05, 0) is 24.6 Å². The summed E-state index contributed by atoms with van der Waals surface area (Å²) >= 11 is 0. The molecule has 0 bridgehead atoms. The number of hydrogen-bond acceptors (Lipinski definition) is 3. The van der Waals surface area contributed by atoms with Crippen molar-refractivity contribution in [2.45, 2.75) is 13.0 Å². The molecule has 2 rings (SSSR count). The maximum absolute atomic E-state index is 11.1. The van der Waals surface area contributed by atoms with Crippen molar-refractivity contribution in [1.29, 1.82) is 0 Å². The first-order chi connectivity index (χ1) is 9.20. The molecule has 0 aliphatic rings. The minimum atomic E-state index is 0.0208. The van der Waals surface area contributed by atoms with Gasteiger partial charge in [-0.15, -0.1) is 0 Å². The number of rotatable bonds is 5. The molecule has 100 valence electrons. The second-order valence-electron chi connectivity index (χ2n) is 4.50. The van der Waals surface area contributed by atoms with Crippen LogP contribution in [0.1, 0.15) is 18.5 Å². The van der Waals surface area contributed by atoms with Crippen molar-refractivity contribution in [2.24, 2.45) is 5.73 Å². The molecule has 0 aliphatic heterocycles. The Balaban J connectivity index is 2.14. The topological polar surface area (TPSA) is 60.0 Å². The Hall–Kier alpha value is -1.91. The monoisotopic (exact) mass is 257 g/mol.